The first kappa shape index (κ1) is 16.2. The Labute approximate surface area is 131 Å². The summed E-state index contributed by atoms with van der Waals surface area (Å²) in [6.45, 7) is 3.07. The number of furan rings is 1. The van der Waals surface area contributed by atoms with Gasteiger partial charge in [0, 0.05) is 17.8 Å². The van der Waals surface area contributed by atoms with Crippen LogP contribution in [0.25, 0.3) is 0 Å². The molecule has 0 fully saturated rings. The molecule has 0 aliphatic carbocycles. The molecule has 0 bridgehead atoms. The zero-order valence-corrected chi connectivity index (χ0v) is 12.4. The molecule has 0 spiro atoms. The van der Waals surface area contributed by atoms with E-state index in [4.69, 9.17) is 9.15 Å². The van der Waals surface area contributed by atoms with E-state index in [1.165, 1.54) is 37.3 Å². The van der Waals surface area contributed by atoms with Crippen LogP contribution >= 0.6 is 0 Å². The van der Waals surface area contributed by atoms with Crippen molar-refractivity contribution >= 4 is 23.3 Å². The fourth-order valence-corrected chi connectivity index (χ4v) is 1.76. The lowest BCUT2D eigenvalue weighted by Gasteiger charge is -2.12. The Bertz CT molecular complexity index is 752. The van der Waals surface area contributed by atoms with Gasteiger partial charge < -0.3 is 14.5 Å². The number of carbonyl (C=O) groups is 2. The molecule has 1 N–H and O–H groups in total. The number of nitro benzene ring substituents is 1. The Hall–Kier alpha value is -3.16. The summed E-state index contributed by atoms with van der Waals surface area (Å²) in [6, 6.07) is 8.50. The van der Waals surface area contributed by atoms with E-state index in [-0.39, 0.29) is 17.1 Å². The standard InChI is InChI=1S/C15H14N2O6/c1-9-6-7-13(22-9)15(19)23-10(2)14(18)16-11-4-3-5-12(8-11)17(20)21/h3-8,10H,1-2H3,(H,16,18). The van der Waals surface area contributed by atoms with Crippen molar-refractivity contribution in [1.82, 2.24) is 0 Å². The van der Waals surface area contributed by atoms with Crippen LogP contribution in [-0.4, -0.2) is 22.9 Å². The topological polar surface area (TPSA) is 112 Å². The molecule has 2 rings (SSSR count). The number of nitro groups is 1. The summed E-state index contributed by atoms with van der Waals surface area (Å²) in [5, 5.41) is 13.1. The summed E-state index contributed by atoms with van der Waals surface area (Å²) < 4.78 is 10.1. The lowest BCUT2D eigenvalue weighted by Crippen LogP contribution is -2.29. The Morgan fingerprint density at radius 2 is 2.04 bits per heavy atom. The zero-order valence-electron chi connectivity index (χ0n) is 12.4. The van der Waals surface area contributed by atoms with Crippen molar-refractivity contribution in [2.75, 3.05) is 5.32 Å². The summed E-state index contributed by atoms with van der Waals surface area (Å²) in [7, 11) is 0. The van der Waals surface area contributed by atoms with Gasteiger partial charge in [0.25, 0.3) is 11.6 Å². The van der Waals surface area contributed by atoms with Crippen molar-refractivity contribution in [3.63, 3.8) is 0 Å². The highest BCUT2D eigenvalue weighted by molar-refractivity contribution is 5.96. The maximum absolute atomic E-state index is 12.0. The van der Waals surface area contributed by atoms with E-state index < -0.39 is 22.9 Å². The highest BCUT2D eigenvalue weighted by atomic mass is 16.6. The lowest BCUT2D eigenvalue weighted by atomic mass is 10.2. The third-order valence-corrected chi connectivity index (χ3v) is 2.92. The fraction of sp³-hybridized carbons (Fsp3) is 0.200. The van der Waals surface area contributed by atoms with Gasteiger partial charge >= 0.3 is 5.97 Å². The third-order valence-electron chi connectivity index (χ3n) is 2.92. The predicted octanol–water partition coefficient (Wildman–Crippen LogP) is 2.68. The van der Waals surface area contributed by atoms with E-state index in [2.05, 4.69) is 5.32 Å². The van der Waals surface area contributed by atoms with Gasteiger partial charge in [-0.25, -0.2) is 4.79 Å². The first-order valence-corrected chi connectivity index (χ1v) is 6.69. The fourth-order valence-electron chi connectivity index (χ4n) is 1.76. The predicted molar refractivity (Wildman–Crippen MR) is 80.0 cm³/mol. The average molecular weight is 318 g/mol. The number of benzene rings is 1. The zero-order chi connectivity index (χ0) is 17.0. The molecule has 8 nitrogen and oxygen atoms in total. The van der Waals surface area contributed by atoms with Crippen molar-refractivity contribution in [2.45, 2.75) is 20.0 Å². The number of nitrogens with one attached hydrogen (secondary N) is 1. The molecule has 8 heteroatoms. The van der Waals surface area contributed by atoms with Crippen LogP contribution in [0.4, 0.5) is 11.4 Å². The van der Waals surface area contributed by atoms with Gasteiger partial charge in [-0.3, -0.25) is 14.9 Å². The first-order valence-electron chi connectivity index (χ1n) is 6.69. The third kappa shape index (κ3) is 4.16. The van der Waals surface area contributed by atoms with Gasteiger partial charge in [-0.05, 0) is 32.0 Å². The van der Waals surface area contributed by atoms with Crippen LogP contribution < -0.4 is 5.32 Å². The Morgan fingerprint density at radius 1 is 1.30 bits per heavy atom. The van der Waals surface area contributed by atoms with Gasteiger partial charge in [0.05, 0.1) is 4.92 Å². The molecule has 2 aromatic rings. The molecule has 0 radical (unpaired) electrons. The largest absolute Gasteiger partial charge is 0.454 e. The molecule has 0 aliphatic rings. The van der Waals surface area contributed by atoms with Crippen molar-refractivity contribution in [1.29, 1.82) is 0 Å². The maximum Gasteiger partial charge on any atom is 0.375 e. The molecule has 1 amide bonds. The molecule has 1 heterocycles. The van der Waals surface area contributed by atoms with Gasteiger partial charge in [0.15, 0.2) is 6.10 Å². The second-order valence-electron chi connectivity index (χ2n) is 4.75. The van der Waals surface area contributed by atoms with Gasteiger partial charge in [-0.15, -0.1) is 0 Å². The summed E-state index contributed by atoms with van der Waals surface area (Å²) in [5.74, 6) is -0.829. The number of non-ortho nitro benzene ring substituents is 1. The monoisotopic (exact) mass is 318 g/mol. The molecule has 0 aliphatic heterocycles. The van der Waals surface area contributed by atoms with Gasteiger partial charge in [0.1, 0.15) is 5.76 Å². The Morgan fingerprint density at radius 3 is 2.65 bits per heavy atom. The number of carbonyl (C=O) groups excluding carboxylic acids is 2. The number of esters is 1. The molecule has 1 unspecified atom stereocenters. The Balaban J connectivity index is 1.98. The van der Waals surface area contributed by atoms with Crippen LogP contribution in [-0.2, 0) is 9.53 Å². The quantitative estimate of drug-likeness (QED) is 0.515. The molecule has 120 valence electrons. The van der Waals surface area contributed by atoms with E-state index >= 15 is 0 Å². The normalized spacial score (nSPS) is 11.6. The maximum atomic E-state index is 12.0. The van der Waals surface area contributed by atoms with Crippen LogP contribution in [0.2, 0.25) is 0 Å². The van der Waals surface area contributed by atoms with E-state index in [0.29, 0.717) is 5.76 Å². The van der Waals surface area contributed by atoms with E-state index in [1.807, 2.05) is 0 Å². The number of hydrogen-bond acceptors (Lipinski definition) is 6. The summed E-state index contributed by atoms with van der Waals surface area (Å²) in [6.07, 6.45) is -1.09. The van der Waals surface area contributed by atoms with Crippen LogP contribution in [0.1, 0.15) is 23.2 Å². The number of ether oxygens (including phenoxy) is 1. The van der Waals surface area contributed by atoms with Crippen LogP contribution in [0.3, 0.4) is 0 Å². The summed E-state index contributed by atoms with van der Waals surface area (Å²) in [5.41, 5.74) is 0.0828. The molecule has 1 aromatic carbocycles. The molecule has 0 saturated carbocycles. The molecule has 23 heavy (non-hydrogen) atoms. The molecular formula is C15H14N2O6. The minimum Gasteiger partial charge on any atom is -0.454 e. The van der Waals surface area contributed by atoms with E-state index in [0.717, 1.165) is 0 Å². The number of nitrogens with zero attached hydrogens (tertiary/aromatic N) is 1. The second-order valence-corrected chi connectivity index (χ2v) is 4.75. The minimum atomic E-state index is -1.09. The van der Waals surface area contributed by atoms with Crippen LogP contribution in [0.5, 0.6) is 0 Å². The molecule has 0 saturated heterocycles. The Kier molecular flexibility index (Phi) is 4.75. The van der Waals surface area contributed by atoms with E-state index in [1.54, 1.807) is 13.0 Å². The number of anilines is 1. The van der Waals surface area contributed by atoms with Gasteiger partial charge in [0.2, 0.25) is 5.76 Å². The number of amides is 1. The highest BCUT2D eigenvalue weighted by Crippen LogP contribution is 2.17. The molecular weight excluding hydrogens is 304 g/mol. The summed E-state index contributed by atoms with van der Waals surface area (Å²) in [4.78, 5) is 33.9. The van der Waals surface area contributed by atoms with Crippen LogP contribution in [0, 0.1) is 17.0 Å². The molecule has 1 aromatic heterocycles. The van der Waals surface area contributed by atoms with Gasteiger partial charge in [-0.1, -0.05) is 6.07 Å². The second kappa shape index (κ2) is 6.73. The smallest absolute Gasteiger partial charge is 0.375 e. The lowest BCUT2D eigenvalue weighted by molar-refractivity contribution is -0.384. The van der Waals surface area contributed by atoms with Crippen LogP contribution in [0.15, 0.2) is 40.8 Å². The van der Waals surface area contributed by atoms with Crippen molar-refractivity contribution in [3.8, 4) is 0 Å². The minimum absolute atomic E-state index is 0.00232. The molecule has 1 atom stereocenters. The van der Waals surface area contributed by atoms with Crippen molar-refractivity contribution < 1.29 is 23.7 Å². The highest BCUT2D eigenvalue weighted by Gasteiger charge is 2.21. The number of aryl methyl sites for hydroxylation is 1. The van der Waals surface area contributed by atoms with E-state index in [9.17, 15) is 19.7 Å². The number of hydrogen-bond donors (Lipinski definition) is 1. The van der Waals surface area contributed by atoms with Crippen molar-refractivity contribution in [2.24, 2.45) is 0 Å². The first-order chi connectivity index (χ1) is 10.9. The van der Waals surface area contributed by atoms with Crippen molar-refractivity contribution in [3.05, 3.63) is 58.0 Å². The summed E-state index contributed by atoms with van der Waals surface area (Å²) >= 11 is 0. The average Bonchev–Trinajstić information content (AvgIpc) is 2.94. The van der Waals surface area contributed by atoms with Gasteiger partial charge in [-0.2, -0.15) is 0 Å². The SMILES string of the molecule is Cc1ccc(C(=O)OC(C)C(=O)Nc2cccc([N+](=O)[O-])c2)o1. The number of rotatable bonds is 5.